The number of ether oxygens (including phenoxy) is 1. The minimum atomic E-state index is -4.68. The number of aromatic nitrogens is 3. The summed E-state index contributed by atoms with van der Waals surface area (Å²) in [6.07, 6.45) is -1.44. The number of aryl methyl sites for hydroxylation is 1. The van der Waals surface area contributed by atoms with E-state index in [0.29, 0.717) is 36.5 Å². The fourth-order valence-corrected chi connectivity index (χ4v) is 3.54. The van der Waals surface area contributed by atoms with Crippen molar-refractivity contribution in [1.82, 2.24) is 19.7 Å². The summed E-state index contributed by atoms with van der Waals surface area (Å²) in [4.78, 5) is 19.7. The van der Waals surface area contributed by atoms with Crippen LogP contribution < -0.4 is 10.1 Å². The van der Waals surface area contributed by atoms with Gasteiger partial charge in [0.05, 0.1) is 17.9 Å². The molecule has 0 aliphatic heterocycles. The smallest absolute Gasteiger partial charge is 0.419 e. The summed E-state index contributed by atoms with van der Waals surface area (Å²) in [5.74, 6) is 0.241. The van der Waals surface area contributed by atoms with Crippen LogP contribution in [-0.4, -0.2) is 32.4 Å². The molecule has 0 spiro atoms. The molecule has 1 aliphatic rings. The quantitative estimate of drug-likeness (QED) is 0.829. The van der Waals surface area contributed by atoms with Gasteiger partial charge in [-0.2, -0.15) is 22.8 Å². The first-order chi connectivity index (χ1) is 13.3. The molecule has 0 unspecified atom stereocenters. The van der Waals surface area contributed by atoms with Gasteiger partial charge in [0.2, 0.25) is 5.01 Å². The molecular formula is C17H16F3N5O2S. The van der Waals surface area contributed by atoms with Gasteiger partial charge in [0.25, 0.3) is 5.91 Å². The minimum absolute atomic E-state index is 0.0249. The number of alkyl halides is 3. The van der Waals surface area contributed by atoms with Gasteiger partial charge >= 0.3 is 6.18 Å². The zero-order valence-corrected chi connectivity index (χ0v) is 15.6. The maximum Gasteiger partial charge on any atom is 0.419 e. The lowest BCUT2D eigenvalue weighted by molar-refractivity contribution is -0.138. The number of rotatable bonds is 4. The lowest BCUT2D eigenvalue weighted by atomic mass is 9.93. The third-order valence-corrected chi connectivity index (χ3v) is 5.11. The number of carbonyl (C=O) groups excluding carboxylic acids is 1. The maximum atomic E-state index is 13.0. The topological polar surface area (TPSA) is 101 Å². The molecule has 0 atom stereocenters. The molecule has 0 aromatic carbocycles. The molecule has 1 saturated carbocycles. The maximum absolute atomic E-state index is 13.0. The zero-order chi connectivity index (χ0) is 20.3. The van der Waals surface area contributed by atoms with E-state index in [0.717, 1.165) is 23.8 Å². The van der Waals surface area contributed by atoms with Gasteiger partial charge in [0, 0.05) is 6.04 Å². The van der Waals surface area contributed by atoms with Gasteiger partial charge in [-0.3, -0.25) is 4.79 Å². The Morgan fingerprint density at radius 1 is 1.36 bits per heavy atom. The number of nitrogens with one attached hydrogen (secondary N) is 1. The molecule has 1 N–H and O–H groups in total. The van der Waals surface area contributed by atoms with Gasteiger partial charge in [-0.1, -0.05) is 0 Å². The highest BCUT2D eigenvalue weighted by molar-refractivity contribution is 7.07. The van der Waals surface area contributed by atoms with E-state index in [4.69, 9.17) is 10.00 Å². The van der Waals surface area contributed by atoms with Gasteiger partial charge in [-0.25, -0.2) is 9.97 Å². The zero-order valence-electron chi connectivity index (χ0n) is 14.8. The van der Waals surface area contributed by atoms with Crippen molar-refractivity contribution in [2.75, 3.05) is 0 Å². The summed E-state index contributed by atoms with van der Waals surface area (Å²) in [6.45, 7) is 1.71. The Hall–Kier alpha value is -2.74. The van der Waals surface area contributed by atoms with Crippen molar-refractivity contribution in [3.05, 3.63) is 34.4 Å². The second kappa shape index (κ2) is 8.10. The Bertz CT molecular complexity index is 901. The highest BCUT2D eigenvalue weighted by Gasteiger charge is 2.35. The van der Waals surface area contributed by atoms with E-state index in [-0.39, 0.29) is 23.8 Å². The molecule has 3 rings (SSSR count). The molecule has 0 bridgehead atoms. The van der Waals surface area contributed by atoms with Crippen molar-refractivity contribution in [1.29, 1.82) is 5.26 Å². The van der Waals surface area contributed by atoms with Crippen LogP contribution in [0.5, 0.6) is 5.75 Å². The molecule has 2 heterocycles. The minimum Gasteiger partial charge on any atom is -0.489 e. The molecule has 0 radical (unpaired) electrons. The number of nitriles is 1. The van der Waals surface area contributed by atoms with E-state index >= 15 is 0 Å². The predicted molar refractivity (Wildman–Crippen MR) is 92.7 cm³/mol. The second-order valence-electron chi connectivity index (χ2n) is 6.39. The Balaban J connectivity index is 1.56. The monoisotopic (exact) mass is 411 g/mol. The number of nitrogens with zero attached hydrogens (tertiary/aromatic N) is 4. The van der Waals surface area contributed by atoms with Crippen molar-refractivity contribution >= 4 is 17.4 Å². The Labute approximate surface area is 162 Å². The summed E-state index contributed by atoms with van der Waals surface area (Å²) >= 11 is 1.04. The summed E-state index contributed by atoms with van der Waals surface area (Å²) in [5.41, 5.74) is -1.79. The highest BCUT2D eigenvalue weighted by atomic mass is 32.1. The van der Waals surface area contributed by atoms with Crippen LogP contribution >= 0.6 is 11.5 Å². The Morgan fingerprint density at radius 2 is 2.07 bits per heavy atom. The number of hydrogen-bond acceptors (Lipinski definition) is 7. The van der Waals surface area contributed by atoms with Gasteiger partial charge in [-0.05, 0) is 50.2 Å². The fourth-order valence-electron chi connectivity index (χ4n) is 2.97. The average molecular weight is 411 g/mol. The van der Waals surface area contributed by atoms with Crippen LogP contribution in [0.3, 0.4) is 0 Å². The predicted octanol–water partition coefficient (Wildman–Crippen LogP) is 3.25. The molecule has 1 amide bonds. The van der Waals surface area contributed by atoms with Crippen molar-refractivity contribution in [3.8, 4) is 11.8 Å². The summed E-state index contributed by atoms with van der Waals surface area (Å²) in [7, 11) is 0. The summed E-state index contributed by atoms with van der Waals surface area (Å²) < 4.78 is 48.6. The van der Waals surface area contributed by atoms with Gasteiger partial charge in [-0.15, -0.1) is 0 Å². The number of halogens is 3. The lowest BCUT2D eigenvalue weighted by Crippen LogP contribution is -2.39. The first-order valence-electron chi connectivity index (χ1n) is 8.51. The summed E-state index contributed by atoms with van der Waals surface area (Å²) in [5, 5.41) is 12.0. The van der Waals surface area contributed by atoms with E-state index in [9.17, 15) is 18.0 Å². The number of pyridine rings is 1. The Kier molecular flexibility index (Phi) is 5.79. The second-order valence-corrected chi connectivity index (χ2v) is 7.14. The molecule has 1 fully saturated rings. The molecule has 11 heteroatoms. The van der Waals surface area contributed by atoms with Crippen LogP contribution in [0.2, 0.25) is 0 Å². The third kappa shape index (κ3) is 4.75. The van der Waals surface area contributed by atoms with Crippen LogP contribution in [-0.2, 0) is 6.18 Å². The summed E-state index contributed by atoms with van der Waals surface area (Å²) in [6, 6.07) is 2.18. The standard InChI is InChI=1S/C17H16F3N5O2S/c1-9-23-16(28-25-9)15(26)24-10-2-4-11(5-3-10)27-12-6-13(17(18,19)20)14(7-21)22-8-12/h6,8,10-11H,2-5H2,1H3,(H,24,26)/t10-,11-. The number of hydrogen-bond donors (Lipinski definition) is 1. The fraction of sp³-hybridized carbons (Fsp3) is 0.471. The van der Waals surface area contributed by atoms with Crippen LogP contribution in [0.1, 0.15) is 52.6 Å². The van der Waals surface area contributed by atoms with Gasteiger partial charge in [0.15, 0.2) is 5.69 Å². The van der Waals surface area contributed by atoms with E-state index in [1.807, 2.05) is 0 Å². The van der Waals surface area contributed by atoms with Crippen molar-refractivity contribution in [2.24, 2.45) is 0 Å². The largest absolute Gasteiger partial charge is 0.489 e. The molecule has 28 heavy (non-hydrogen) atoms. The number of amides is 1. The van der Waals surface area contributed by atoms with E-state index < -0.39 is 17.4 Å². The molecule has 0 saturated heterocycles. The molecule has 2 aromatic heterocycles. The normalized spacial score (nSPS) is 19.7. The van der Waals surface area contributed by atoms with Crippen molar-refractivity contribution in [2.45, 2.75) is 50.9 Å². The van der Waals surface area contributed by atoms with Crippen molar-refractivity contribution in [3.63, 3.8) is 0 Å². The SMILES string of the molecule is Cc1nsc(C(=O)N[C@H]2CC[C@H](Oc3cnc(C#N)c(C(F)(F)F)c3)CC2)n1. The van der Waals surface area contributed by atoms with E-state index in [2.05, 4.69) is 19.7 Å². The first kappa shape index (κ1) is 20.0. The Morgan fingerprint density at radius 3 is 2.64 bits per heavy atom. The van der Waals surface area contributed by atoms with Gasteiger partial charge < -0.3 is 10.1 Å². The van der Waals surface area contributed by atoms with Crippen LogP contribution in [0.4, 0.5) is 13.2 Å². The van der Waals surface area contributed by atoms with Gasteiger partial charge in [0.1, 0.15) is 17.6 Å². The lowest BCUT2D eigenvalue weighted by Gasteiger charge is -2.29. The molecule has 7 nitrogen and oxygen atoms in total. The van der Waals surface area contributed by atoms with E-state index in [1.54, 1.807) is 6.92 Å². The highest BCUT2D eigenvalue weighted by Crippen LogP contribution is 2.34. The molecule has 148 valence electrons. The van der Waals surface area contributed by atoms with E-state index in [1.165, 1.54) is 6.07 Å². The molecular weight excluding hydrogens is 395 g/mol. The molecule has 2 aromatic rings. The molecule has 1 aliphatic carbocycles. The number of carbonyl (C=O) groups is 1. The van der Waals surface area contributed by atoms with Crippen molar-refractivity contribution < 1.29 is 22.7 Å². The average Bonchev–Trinajstić information content (AvgIpc) is 3.09. The first-order valence-corrected chi connectivity index (χ1v) is 9.28. The van der Waals surface area contributed by atoms with Crippen LogP contribution in [0.25, 0.3) is 0 Å². The van der Waals surface area contributed by atoms with Crippen LogP contribution in [0.15, 0.2) is 12.3 Å². The van der Waals surface area contributed by atoms with Crippen LogP contribution in [0, 0.1) is 18.3 Å². The third-order valence-electron chi connectivity index (χ3n) is 4.31.